The van der Waals surface area contributed by atoms with Gasteiger partial charge in [0.05, 0.1) is 0 Å². The third kappa shape index (κ3) is 25.6. The zero-order valence-electron chi connectivity index (χ0n) is 66.9. The predicted molar refractivity (Wildman–Crippen MR) is 407 cm³/mol. The number of esters is 6. The van der Waals surface area contributed by atoms with Crippen LogP contribution in [0, 0.1) is 33.5 Å². The van der Waals surface area contributed by atoms with Crippen molar-refractivity contribution in [2.24, 2.45) is 33.5 Å². The van der Waals surface area contributed by atoms with Crippen LogP contribution in [0.25, 0.3) is 0 Å². The average molecular weight is 1380 g/mol. The van der Waals surface area contributed by atoms with Gasteiger partial charge in [0, 0.05) is 49.7 Å². The maximum Gasteiger partial charge on any atom is 0.333 e. The molecular weight excluding hydrogens is 1240 g/mol. The highest BCUT2D eigenvalue weighted by molar-refractivity contribution is 5.89. The topological polar surface area (TPSA) is 158 Å². The Labute approximate surface area is 605 Å². The molecule has 8 aliphatic carbocycles. The lowest BCUT2D eigenvalue weighted by Gasteiger charge is -2.51. The lowest BCUT2D eigenvalue weighted by Crippen LogP contribution is -2.54. The Morgan fingerprint density at radius 1 is 0.303 bits per heavy atom. The highest BCUT2D eigenvalue weighted by Crippen LogP contribution is 2.71. The normalized spacial score (nSPS) is 28.5. The Morgan fingerprint density at radius 3 is 0.808 bits per heavy atom. The van der Waals surface area contributed by atoms with Gasteiger partial charge in [-0.25, -0.2) is 28.8 Å². The van der Waals surface area contributed by atoms with Crippen molar-refractivity contribution < 1.29 is 57.2 Å². The molecule has 0 aromatic rings. The van der Waals surface area contributed by atoms with Gasteiger partial charge >= 0.3 is 35.8 Å². The Balaban J connectivity index is 0.000000310. The number of fused-ring (bicyclic) bond motifs is 4. The fraction of sp³-hybridized carbons (Fsp3) is 0.793. The minimum atomic E-state index is -0.362. The molecule has 0 spiro atoms. The van der Waals surface area contributed by atoms with E-state index in [0.29, 0.717) is 45.3 Å². The molecule has 0 saturated heterocycles. The van der Waals surface area contributed by atoms with E-state index in [9.17, 15) is 28.8 Å². The number of hydrogen-bond acceptors (Lipinski definition) is 12. The second-order valence-corrected chi connectivity index (χ2v) is 34.9. The molecule has 4 bridgehead atoms. The summed E-state index contributed by atoms with van der Waals surface area (Å²) in [5, 5.41) is 0. The Bertz CT molecular complexity index is 2690. The van der Waals surface area contributed by atoms with Crippen LogP contribution in [-0.2, 0) is 57.2 Å². The maximum atomic E-state index is 11.9. The average Bonchev–Trinajstić information content (AvgIpc) is 1.55. The molecule has 6 unspecified atom stereocenters. The zero-order valence-corrected chi connectivity index (χ0v) is 66.9. The molecule has 566 valence electrons. The third-order valence-corrected chi connectivity index (χ3v) is 25.6. The zero-order chi connectivity index (χ0) is 74.9. The van der Waals surface area contributed by atoms with E-state index in [2.05, 4.69) is 116 Å². The molecule has 8 aliphatic rings. The first-order chi connectivity index (χ1) is 46.0. The summed E-state index contributed by atoms with van der Waals surface area (Å²) in [7, 11) is 0. The Hall–Kier alpha value is -4.74. The van der Waals surface area contributed by atoms with Crippen molar-refractivity contribution >= 4 is 35.8 Å². The van der Waals surface area contributed by atoms with Gasteiger partial charge < -0.3 is 28.4 Å². The summed E-state index contributed by atoms with van der Waals surface area (Å²) in [6, 6.07) is 0. The summed E-state index contributed by atoms with van der Waals surface area (Å²) in [5.74, 6) is -0.0513. The largest absolute Gasteiger partial charge is 0.456 e. The van der Waals surface area contributed by atoms with E-state index >= 15 is 0 Å². The highest BCUT2D eigenvalue weighted by Gasteiger charge is 2.70. The minimum absolute atomic E-state index is 0.0606. The molecule has 99 heavy (non-hydrogen) atoms. The molecular formula is C87H146O12. The van der Waals surface area contributed by atoms with Crippen molar-refractivity contribution in [3.05, 3.63) is 72.9 Å². The summed E-state index contributed by atoms with van der Waals surface area (Å²) in [4.78, 5) is 70.1. The smallest absolute Gasteiger partial charge is 0.333 e. The second kappa shape index (κ2) is 39.2. The fourth-order valence-electron chi connectivity index (χ4n) is 17.3. The van der Waals surface area contributed by atoms with Crippen molar-refractivity contribution in [1.82, 2.24) is 0 Å². The van der Waals surface area contributed by atoms with Crippen LogP contribution in [0.1, 0.15) is 375 Å². The summed E-state index contributed by atoms with van der Waals surface area (Å²) >= 11 is 0. The van der Waals surface area contributed by atoms with E-state index in [0.717, 1.165) is 70.6 Å². The lowest BCUT2D eigenvalue weighted by atomic mass is 9.61. The standard InChI is InChI=1S/C17H30O2.2C15H24O2.C15H26O2.C13H22O2.C12H20O2/c1-15(2)16(18)19-17(3)13-11-9-7-5-4-6-8-10-12-14-17;1-10(2)12(16)17-15(6)9-11-7-8-14(15,5)13(11,3)4;1-10(2)12(16)17-15(6)13(3,4)11-7-8-14(15,5)9-11;1-13(2)14(16)17-15(3)11-9-7-5-4-6-8-10-12-15;1-4-13(15-12(14)11(2)3)9-7-5-6-8-10-13;1-10(2)11(13)14-12(3)8-6-4-5-7-9-12/h1,4-14H2,2-3H3;2*11H,1,7-9H2,2-6H3;1,4-12H2,2-3H3;2,4-10H2,1,3H3;1,4-9H2,2-3H3. The first kappa shape index (κ1) is 88.5. The van der Waals surface area contributed by atoms with Gasteiger partial charge in [0.25, 0.3) is 0 Å². The highest BCUT2D eigenvalue weighted by atomic mass is 16.6. The van der Waals surface area contributed by atoms with Gasteiger partial charge in [-0.05, 0) is 241 Å². The molecule has 0 aromatic heterocycles. The van der Waals surface area contributed by atoms with E-state index in [1.807, 2.05) is 6.92 Å². The maximum absolute atomic E-state index is 11.9. The van der Waals surface area contributed by atoms with Gasteiger partial charge in [-0.15, -0.1) is 0 Å². The number of ether oxygens (including phenoxy) is 6. The van der Waals surface area contributed by atoms with Gasteiger partial charge in [-0.1, -0.05) is 191 Å². The molecule has 8 rings (SSSR count). The van der Waals surface area contributed by atoms with Crippen LogP contribution < -0.4 is 0 Å². The molecule has 6 atom stereocenters. The second-order valence-electron chi connectivity index (χ2n) is 34.9. The quantitative estimate of drug-likeness (QED) is 0.0745. The van der Waals surface area contributed by atoms with Crippen molar-refractivity contribution in [2.75, 3.05) is 0 Å². The minimum Gasteiger partial charge on any atom is -0.456 e. The molecule has 0 aromatic carbocycles. The molecule has 8 fully saturated rings. The van der Waals surface area contributed by atoms with Crippen LogP contribution in [0.4, 0.5) is 0 Å². The molecule has 8 saturated carbocycles. The summed E-state index contributed by atoms with van der Waals surface area (Å²) < 4.78 is 34.1. The monoisotopic (exact) mass is 1380 g/mol. The van der Waals surface area contributed by atoms with Crippen LogP contribution in [-0.4, -0.2) is 69.4 Å². The fourth-order valence-corrected chi connectivity index (χ4v) is 17.3. The lowest BCUT2D eigenvalue weighted by molar-refractivity contribution is -0.188. The molecule has 0 amide bonds. The summed E-state index contributed by atoms with van der Waals surface area (Å²) in [6.07, 6.45) is 46.2. The number of carbonyl (C=O) groups excluding carboxylic acids is 6. The Morgan fingerprint density at radius 2 is 0.556 bits per heavy atom. The molecule has 0 N–H and O–H groups in total. The van der Waals surface area contributed by atoms with Crippen molar-refractivity contribution in [3.63, 3.8) is 0 Å². The molecule has 12 heteroatoms. The number of hydrogen-bond donors (Lipinski definition) is 0. The van der Waals surface area contributed by atoms with Crippen LogP contribution in [0.2, 0.25) is 0 Å². The van der Waals surface area contributed by atoms with E-state index in [1.54, 1.807) is 41.5 Å². The molecule has 0 aliphatic heterocycles. The van der Waals surface area contributed by atoms with E-state index in [-0.39, 0.29) is 91.1 Å². The van der Waals surface area contributed by atoms with E-state index < -0.39 is 0 Å². The van der Waals surface area contributed by atoms with Crippen LogP contribution in [0.15, 0.2) is 72.9 Å². The van der Waals surface area contributed by atoms with Gasteiger partial charge in [-0.2, -0.15) is 0 Å². The van der Waals surface area contributed by atoms with E-state index in [4.69, 9.17) is 28.4 Å². The summed E-state index contributed by atoms with van der Waals surface area (Å²) in [6.45, 7) is 58.4. The SMILES string of the molecule is C=C(C)C(=O)OC1(C)C2(C)CCC(C2)C1(C)C.C=C(C)C(=O)OC1(C)CC2CCC1(C)C2(C)C.C=C(C)C(=O)OC1(C)CCCCCC1.C=C(C)C(=O)OC1(C)CCCCCCCCC1.C=C(C)C(=O)OC1(C)CCCCCCCCCCC1.C=C(C)C(=O)OC1(CC)CCCCCC1. The first-order valence-electron chi connectivity index (χ1n) is 39.3. The third-order valence-electron chi connectivity index (χ3n) is 25.6. The molecule has 0 radical (unpaired) electrons. The Kier molecular flexibility index (Phi) is 35.1. The van der Waals surface area contributed by atoms with Crippen molar-refractivity contribution in [3.8, 4) is 0 Å². The molecule has 12 nitrogen and oxygen atoms in total. The van der Waals surface area contributed by atoms with E-state index in [1.165, 1.54) is 180 Å². The van der Waals surface area contributed by atoms with Gasteiger partial charge in [0.2, 0.25) is 0 Å². The predicted octanol–water partition coefficient (Wildman–Crippen LogP) is 23.8. The van der Waals surface area contributed by atoms with Crippen LogP contribution in [0.3, 0.4) is 0 Å². The number of rotatable bonds is 13. The van der Waals surface area contributed by atoms with Crippen molar-refractivity contribution in [2.45, 2.75) is 409 Å². The molecule has 0 heterocycles. The van der Waals surface area contributed by atoms with Gasteiger partial charge in [0.1, 0.15) is 33.6 Å². The first-order valence-corrected chi connectivity index (χ1v) is 39.3. The van der Waals surface area contributed by atoms with Gasteiger partial charge in [-0.3, -0.25) is 0 Å². The summed E-state index contributed by atoms with van der Waals surface area (Å²) in [5.41, 5.74) is 1.86. The van der Waals surface area contributed by atoms with Crippen LogP contribution in [0.5, 0.6) is 0 Å². The van der Waals surface area contributed by atoms with Crippen molar-refractivity contribution in [1.29, 1.82) is 0 Å². The van der Waals surface area contributed by atoms with Crippen LogP contribution >= 0.6 is 0 Å². The van der Waals surface area contributed by atoms with Gasteiger partial charge in [0.15, 0.2) is 0 Å². The number of carbonyl (C=O) groups is 6.